The zero-order valence-electron chi connectivity index (χ0n) is 13.6. The van der Waals surface area contributed by atoms with Crippen molar-refractivity contribution in [2.45, 2.75) is 19.2 Å². The fourth-order valence-electron chi connectivity index (χ4n) is 2.51. The summed E-state index contributed by atoms with van der Waals surface area (Å²) in [7, 11) is 5.88. The average molecular weight is 303 g/mol. The molecule has 0 fully saturated rings. The third kappa shape index (κ3) is 5.22. The number of aliphatic hydroxyl groups excluding tert-OH is 1. The van der Waals surface area contributed by atoms with Crippen molar-refractivity contribution in [3.63, 3.8) is 0 Å². The van der Waals surface area contributed by atoms with Crippen LogP contribution in [0.2, 0.25) is 0 Å². The second-order valence-electron chi connectivity index (χ2n) is 5.83. The molecule has 2 rings (SSSR count). The largest absolute Gasteiger partial charge is 0.390 e. The van der Waals surface area contributed by atoms with E-state index in [1.165, 1.54) is 5.56 Å². The minimum Gasteiger partial charge on any atom is -0.390 e. The van der Waals surface area contributed by atoms with E-state index in [9.17, 15) is 5.11 Å². The Morgan fingerprint density at radius 1 is 1.09 bits per heavy atom. The summed E-state index contributed by atoms with van der Waals surface area (Å²) in [6.07, 6.45) is 1.15. The van der Waals surface area contributed by atoms with Gasteiger partial charge in [0.15, 0.2) is 0 Å². The second-order valence-corrected chi connectivity index (χ2v) is 5.83. The molecule has 120 valence electrons. The van der Waals surface area contributed by atoms with E-state index in [1.807, 2.05) is 39.3 Å². The lowest BCUT2D eigenvalue weighted by atomic mass is 10.2. The average Bonchev–Trinajstić information content (AvgIpc) is 2.84. The first-order valence-corrected chi connectivity index (χ1v) is 7.46. The molecule has 0 aliphatic heterocycles. The highest BCUT2D eigenvalue weighted by Crippen LogP contribution is 2.04. The van der Waals surface area contributed by atoms with Crippen LogP contribution in [0.25, 0.3) is 0 Å². The molecule has 0 radical (unpaired) electrons. The van der Waals surface area contributed by atoms with Crippen molar-refractivity contribution >= 4 is 0 Å². The van der Waals surface area contributed by atoms with E-state index in [1.54, 1.807) is 11.0 Å². The van der Waals surface area contributed by atoms with Gasteiger partial charge in [-0.25, -0.2) is 4.98 Å². The van der Waals surface area contributed by atoms with Crippen LogP contribution in [0, 0.1) is 0 Å². The summed E-state index contributed by atoms with van der Waals surface area (Å²) in [4.78, 5) is 8.39. The van der Waals surface area contributed by atoms with Crippen molar-refractivity contribution in [1.82, 2.24) is 24.6 Å². The van der Waals surface area contributed by atoms with Gasteiger partial charge in [0.2, 0.25) is 0 Å². The van der Waals surface area contributed by atoms with Crippen LogP contribution in [-0.4, -0.2) is 63.0 Å². The monoisotopic (exact) mass is 303 g/mol. The van der Waals surface area contributed by atoms with E-state index in [0.717, 1.165) is 12.4 Å². The van der Waals surface area contributed by atoms with Gasteiger partial charge >= 0.3 is 0 Å². The van der Waals surface area contributed by atoms with E-state index < -0.39 is 6.10 Å². The standard InChI is InChI=1S/C16H25N5O/c1-19(9-14-7-5-4-6-8-14)10-15(22)11-20(2)12-16-17-13-18-21(16)3/h4-8,13,15,22H,9-12H2,1-3H3. The summed E-state index contributed by atoms with van der Waals surface area (Å²) in [6, 6.07) is 10.3. The van der Waals surface area contributed by atoms with Crippen LogP contribution in [0.15, 0.2) is 36.7 Å². The molecule has 0 aliphatic rings. The smallest absolute Gasteiger partial charge is 0.140 e. The highest BCUT2D eigenvalue weighted by molar-refractivity contribution is 5.14. The predicted molar refractivity (Wildman–Crippen MR) is 86.1 cm³/mol. The Morgan fingerprint density at radius 3 is 2.32 bits per heavy atom. The SMILES string of the molecule is CN(Cc1ccccc1)CC(O)CN(C)Cc1ncnn1C. The van der Waals surface area contributed by atoms with Crippen LogP contribution in [0.5, 0.6) is 0 Å². The molecule has 1 N–H and O–H groups in total. The number of aliphatic hydroxyl groups is 1. The van der Waals surface area contributed by atoms with Gasteiger partial charge in [-0.05, 0) is 19.7 Å². The summed E-state index contributed by atoms with van der Waals surface area (Å²) in [5, 5.41) is 14.3. The van der Waals surface area contributed by atoms with Crippen LogP contribution in [0.3, 0.4) is 0 Å². The minimum atomic E-state index is -0.396. The molecule has 6 heteroatoms. The van der Waals surface area contributed by atoms with E-state index in [-0.39, 0.29) is 0 Å². The molecular weight excluding hydrogens is 278 g/mol. The molecule has 0 saturated heterocycles. The van der Waals surface area contributed by atoms with Gasteiger partial charge in [0.05, 0.1) is 12.6 Å². The summed E-state index contributed by atoms with van der Waals surface area (Å²) >= 11 is 0. The highest BCUT2D eigenvalue weighted by Gasteiger charge is 2.13. The van der Waals surface area contributed by atoms with Crippen LogP contribution >= 0.6 is 0 Å². The first-order chi connectivity index (χ1) is 10.5. The first-order valence-electron chi connectivity index (χ1n) is 7.46. The van der Waals surface area contributed by atoms with Gasteiger partial charge in [-0.15, -0.1) is 0 Å². The Bertz CT molecular complexity index is 557. The number of benzene rings is 1. The third-order valence-electron chi connectivity index (χ3n) is 3.56. The van der Waals surface area contributed by atoms with Crippen molar-refractivity contribution in [3.8, 4) is 0 Å². The Labute approximate surface area is 132 Å². The lowest BCUT2D eigenvalue weighted by Crippen LogP contribution is -2.37. The summed E-state index contributed by atoms with van der Waals surface area (Å²) in [5.74, 6) is 0.896. The van der Waals surface area contributed by atoms with E-state index in [0.29, 0.717) is 19.6 Å². The van der Waals surface area contributed by atoms with Gasteiger partial charge < -0.3 is 5.11 Å². The molecule has 0 saturated carbocycles. The number of aryl methyl sites for hydroxylation is 1. The Kier molecular flexibility index (Phi) is 6.06. The molecule has 0 spiro atoms. The van der Waals surface area contributed by atoms with Gasteiger partial charge in [-0.1, -0.05) is 30.3 Å². The summed E-state index contributed by atoms with van der Waals surface area (Å²) in [6.45, 7) is 2.75. The Hall–Kier alpha value is -1.76. The molecule has 1 heterocycles. The molecule has 1 atom stereocenters. The summed E-state index contributed by atoms with van der Waals surface area (Å²) < 4.78 is 1.75. The number of hydrogen-bond acceptors (Lipinski definition) is 5. The first kappa shape index (κ1) is 16.6. The van der Waals surface area contributed by atoms with Crippen LogP contribution in [0.1, 0.15) is 11.4 Å². The zero-order chi connectivity index (χ0) is 15.9. The molecule has 6 nitrogen and oxygen atoms in total. The lowest BCUT2D eigenvalue weighted by molar-refractivity contribution is 0.0856. The fourth-order valence-corrected chi connectivity index (χ4v) is 2.51. The number of aromatic nitrogens is 3. The predicted octanol–water partition coefficient (Wildman–Crippen LogP) is 0.740. The topological polar surface area (TPSA) is 57.4 Å². The molecule has 1 unspecified atom stereocenters. The van der Waals surface area contributed by atoms with Gasteiger partial charge in [-0.2, -0.15) is 5.10 Å². The van der Waals surface area contributed by atoms with Gasteiger partial charge in [0, 0.05) is 26.7 Å². The van der Waals surface area contributed by atoms with E-state index in [4.69, 9.17) is 0 Å². The van der Waals surface area contributed by atoms with Crippen LogP contribution < -0.4 is 0 Å². The molecule has 1 aromatic carbocycles. The maximum absolute atomic E-state index is 10.2. The van der Waals surface area contributed by atoms with E-state index >= 15 is 0 Å². The van der Waals surface area contributed by atoms with Crippen molar-refractivity contribution in [2.24, 2.45) is 7.05 Å². The molecule has 22 heavy (non-hydrogen) atoms. The molecule has 0 amide bonds. The number of likely N-dealkylation sites (N-methyl/N-ethyl adjacent to an activating group) is 2. The Balaban J connectivity index is 1.74. The van der Waals surface area contributed by atoms with Gasteiger partial charge in [-0.3, -0.25) is 14.5 Å². The number of hydrogen-bond donors (Lipinski definition) is 1. The van der Waals surface area contributed by atoms with Crippen molar-refractivity contribution < 1.29 is 5.11 Å². The maximum atomic E-state index is 10.2. The van der Waals surface area contributed by atoms with Crippen molar-refractivity contribution in [2.75, 3.05) is 27.2 Å². The maximum Gasteiger partial charge on any atom is 0.140 e. The lowest BCUT2D eigenvalue weighted by Gasteiger charge is -2.24. The van der Waals surface area contributed by atoms with E-state index in [2.05, 4.69) is 32.0 Å². The number of rotatable bonds is 8. The summed E-state index contributed by atoms with van der Waals surface area (Å²) in [5.41, 5.74) is 1.25. The van der Waals surface area contributed by atoms with Crippen molar-refractivity contribution in [3.05, 3.63) is 48.0 Å². The number of nitrogens with zero attached hydrogens (tertiary/aromatic N) is 5. The molecule has 2 aromatic rings. The molecule has 0 bridgehead atoms. The second kappa shape index (κ2) is 8.03. The van der Waals surface area contributed by atoms with Crippen LogP contribution in [-0.2, 0) is 20.1 Å². The van der Waals surface area contributed by atoms with Crippen LogP contribution in [0.4, 0.5) is 0 Å². The minimum absolute atomic E-state index is 0.396. The van der Waals surface area contributed by atoms with Gasteiger partial charge in [0.25, 0.3) is 0 Å². The van der Waals surface area contributed by atoms with Crippen molar-refractivity contribution in [1.29, 1.82) is 0 Å². The fraction of sp³-hybridized carbons (Fsp3) is 0.500. The highest BCUT2D eigenvalue weighted by atomic mass is 16.3. The normalized spacial score (nSPS) is 13.0. The molecular formula is C16H25N5O. The molecule has 1 aromatic heterocycles. The third-order valence-corrected chi connectivity index (χ3v) is 3.56. The zero-order valence-corrected chi connectivity index (χ0v) is 13.6. The molecule has 0 aliphatic carbocycles. The quantitative estimate of drug-likeness (QED) is 0.779. The Morgan fingerprint density at radius 2 is 1.73 bits per heavy atom. The van der Waals surface area contributed by atoms with Gasteiger partial charge in [0.1, 0.15) is 12.2 Å².